The molecule has 0 unspecified atom stereocenters. The maximum absolute atomic E-state index is 5.80. The van der Waals surface area contributed by atoms with E-state index < -0.39 is 0 Å². The fourth-order valence-electron chi connectivity index (χ4n) is 2.34. The monoisotopic (exact) mass is 229 g/mol. The molecule has 0 aliphatic carbocycles. The van der Waals surface area contributed by atoms with E-state index in [1.807, 2.05) is 10.7 Å². The van der Waals surface area contributed by atoms with Crippen molar-refractivity contribution in [3.8, 4) is 11.1 Å². The third kappa shape index (κ3) is 1.98. The highest BCUT2D eigenvalue weighted by atomic mass is 15.3. The van der Waals surface area contributed by atoms with Gasteiger partial charge in [-0.05, 0) is 31.9 Å². The molecule has 0 radical (unpaired) electrons. The van der Waals surface area contributed by atoms with Gasteiger partial charge in [-0.3, -0.25) is 4.68 Å². The number of nitrogens with zero attached hydrogens (tertiary/aromatic N) is 2. The number of benzene rings is 1. The maximum Gasteiger partial charge on any atom is 0.0675 e. The molecule has 0 saturated carbocycles. The van der Waals surface area contributed by atoms with E-state index in [4.69, 9.17) is 5.73 Å². The second-order valence-corrected chi connectivity index (χ2v) is 4.22. The van der Waals surface area contributed by atoms with E-state index in [1.54, 1.807) is 0 Å². The Morgan fingerprint density at radius 2 is 1.94 bits per heavy atom. The molecule has 90 valence electrons. The normalized spacial score (nSPS) is 10.8. The summed E-state index contributed by atoms with van der Waals surface area (Å²) in [6.45, 7) is 7.75. The average Bonchev–Trinajstić information content (AvgIpc) is 2.64. The van der Waals surface area contributed by atoms with E-state index >= 15 is 0 Å². The Bertz CT molecular complexity index is 526. The first kappa shape index (κ1) is 11.9. The molecule has 0 fully saturated rings. The van der Waals surface area contributed by atoms with E-state index in [0.29, 0.717) is 6.54 Å². The molecule has 3 heteroatoms. The predicted octanol–water partition coefficient (Wildman–Crippen LogP) is 2.65. The molecule has 2 aromatic rings. The first-order valence-electron chi connectivity index (χ1n) is 6.01. The number of nitrogens with two attached hydrogens (primary N) is 1. The van der Waals surface area contributed by atoms with E-state index in [2.05, 4.69) is 44.1 Å². The van der Waals surface area contributed by atoms with Gasteiger partial charge >= 0.3 is 0 Å². The van der Waals surface area contributed by atoms with Crippen LogP contribution in [0.2, 0.25) is 0 Å². The van der Waals surface area contributed by atoms with E-state index in [9.17, 15) is 0 Å². The molecule has 2 N–H and O–H groups in total. The lowest BCUT2D eigenvalue weighted by Gasteiger charge is -2.08. The molecular weight excluding hydrogens is 210 g/mol. The molecule has 1 aromatic heterocycles. The Hall–Kier alpha value is -1.61. The van der Waals surface area contributed by atoms with Crippen molar-refractivity contribution < 1.29 is 0 Å². The third-order valence-electron chi connectivity index (χ3n) is 3.19. The molecule has 0 aliphatic heterocycles. The summed E-state index contributed by atoms with van der Waals surface area (Å²) in [6, 6.07) is 8.29. The zero-order valence-electron chi connectivity index (χ0n) is 10.7. The summed E-state index contributed by atoms with van der Waals surface area (Å²) in [5, 5.41) is 4.56. The topological polar surface area (TPSA) is 43.8 Å². The number of aromatic nitrogens is 2. The minimum atomic E-state index is 0.562. The SMILES string of the molecule is CCn1nc(C)c(-c2ccccc2CN)c1C. The quantitative estimate of drug-likeness (QED) is 0.879. The molecule has 3 nitrogen and oxygen atoms in total. The highest BCUT2D eigenvalue weighted by Gasteiger charge is 2.14. The maximum atomic E-state index is 5.80. The Labute approximate surface area is 102 Å². The van der Waals surface area contributed by atoms with E-state index in [1.165, 1.54) is 22.4 Å². The van der Waals surface area contributed by atoms with Gasteiger partial charge in [0.05, 0.1) is 5.69 Å². The third-order valence-corrected chi connectivity index (χ3v) is 3.19. The first-order chi connectivity index (χ1) is 8.19. The van der Waals surface area contributed by atoms with Gasteiger partial charge < -0.3 is 5.73 Å². The molecule has 0 atom stereocenters. The number of hydrogen-bond donors (Lipinski definition) is 1. The van der Waals surface area contributed by atoms with Crippen LogP contribution in [0.4, 0.5) is 0 Å². The van der Waals surface area contributed by atoms with Gasteiger partial charge in [0, 0.05) is 24.3 Å². The van der Waals surface area contributed by atoms with Crippen molar-refractivity contribution in [3.05, 3.63) is 41.2 Å². The Morgan fingerprint density at radius 1 is 1.24 bits per heavy atom. The average molecular weight is 229 g/mol. The van der Waals surface area contributed by atoms with Gasteiger partial charge in [-0.2, -0.15) is 5.10 Å². The minimum Gasteiger partial charge on any atom is -0.326 e. The van der Waals surface area contributed by atoms with Crippen molar-refractivity contribution in [2.24, 2.45) is 5.73 Å². The Kier molecular flexibility index (Phi) is 3.29. The second-order valence-electron chi connectivity index (χ2n) is 4.22. The molecular formula is C14H19N3. The van der Waals surface area contributed by atoms with Crippen LogP contribution in [-0.4, -0.2) is 9.78 Å². The van der Waals surface area contributed by atoms with Gasteiger partial charge in [0.15, 0.2) is 0 Å². The summed E-state index contributed by atoms with van der Waals surface area (Å²) in [7, 11) is 0. The number of hydrogen-bond acceptors (Lipinski definition) is 2. The number of rotatable bonds is 3. The smallest absolute Gasteiger partial charge is 0.0675 e. The Morgan fingerprint density at radius 3 is 2.53 bits per heavy atom. The standard InChI is InChI=1S/C14H19N3/c1-4-17-11(3)14(10(2)16-17)13-8-6-5-7-12(13)9-15/h5-8H,4,9,15H2,1-3H3. The van der Waals surface area contributed by atoms with Gasteiger partial charge in [0.2, 0.25) is 0 Å². The zero-order valence-corrected chi connectivity index (χ0v) is 10.7. The summed E-state index contributed by atoms with van der Waals surface area (Å²) in [5.74, 6) is 0. The lowest BCUT2D eigenvalue weighted by molar-refractivity contribution is 0.634. The summed E-state index contributed by atoms with van der Waals surface area (Å²) >= 11 is 0. The van der Waals surface area contributed by atoms with Crippen LogP contribution in [0.1, 0.15) is 23.9 Å². The molecule has 0 bridgehead atoms. The fraction of sp³-hybridized carbons (Fsp3) is 0.357. The molecule has 17 heavy (non-hydrogen) atoms. The van der Waals surface area contributed by atoms with Crippen LogP contribution in [0.5, 0.6) is 0 Å². The van der Waals surface area contributed by atoms with Gasteiger partial charge in [0.1, 0.15) is 0 Å². The first-order valence-corrected chi connectivity index (χ1v) is 6.01. The largest absolute Gasteiger partial charge is 0.326 e. The Balaban J connectivity index is 2.64. The molecule has 0 saturated heterocycles. The second kappa shape index (κ2) is 4.72. The molecule has 0 spiro atoms. The van der Waals surface area contributed by atoms with Crippen LogP contribution in [0.15, 0.2) is 24.3 Å². The lowest BCUT2D eigenvalue weighted by Crippen LogP contribution is -2.00. The summed E-state index contributed by atoms with van der Waals surface area (Å²) in [5.41, 5.74) is 11.7. The fourth-order valence-corrected chi connectivity index (χ4v) is 2.34. The molecule has 2 rings (SSSR count). The summed E-state index contributed by atoms with van der Waals surface area (Å²) < 4.78 is 2.04. The highest BCUT2D eigenvalue weighted by molar-refractivity contribution is 5.71. The van der Waals surface area contributed by atoms with Crippen molar-refractivity contribution in [3.63, 3.8) is 0 Å². The van der Waals surface area contributed by atoms with E-state index in [-0.39, 0.29) is 0 Å². The van der Waals surface area contributed by atoms with Crippen LogP contribution < -0.4 is 5.73 Å². The zero-order chi connectivity index (χ0) is 12.4. The molecule has 1 aromatic carbocycles. The molecule has 0 aliphatic rings. The van der Waals surface area contributed by atoms with Crippen LogP contribution in [0.3, 0.4) is 0 Å². The summed E-state index contributed by atoms with van der Waals surface area (Å²) in [4.78, 5) is 0. The van der Waals surface area contributed by atoms with Crippen LogP contribution >= 0.6 is 0 Å². The van der Waals surface area contributed by atoms with Crippen molar-refractivity contribution in [1.82, 2.24) is 9.78 Å². The van der Waals surface area contributed by atoms with Crippen molar-refractivity contribution in [2.45, 2.75) is 33.9 Å². The molecule has 1 heterocycles. The van der Waals surface area contributed by atoms with Gasteiger partial charge in [-0.15, -0.1) is 0 Å². The lowest BCUT2D eigenvalue weighted by atomic mass is 9.98. The van der Waals surface area contributed by atoms with Gasteiger partial charge in [-0.1, -0.05) is 24.3 Å². The van der Waals surface area contributed by atoms with E-state index in [0.717, 1.165) is 12.2 Å². The van der Waals surface area contributed by atoms with Crippen molar-refractivity contribution >= 4 is 0 Å². The number of aryl methyl sites for hydroxylation is 2. The highest BCUT2D eigenvalue weighted by Crippen LogP contribution is 2.29. The molecule has 0 amide bonds. The van der Waals surface area contributed by atoms with Crippen molar-refractivity contribution in [2.75, 3.05) is 0 Å². The predicted molar refractivity (Wildman–Crippen MR) is 70.7 cm³/mol. The summed E-state index contributed by atoms with van der Waals surface area (Å²) in [6.07, 6.45) is 0. The minimum absolute atomic E-state index is 0.562. The van der Waals surface area contributed by atoms with Gasteiger partial charge in [0.25, 0.3) is 0 Å². The van der Waals surface area contributed by atoms with Crippen LogP contribution in [-0.2, 0) is 13.1 Å². The van der Waals surface area contributed by atoms with Crippen molar-refractivity contribution in [1.29, 1.82) is 0 Å². The van der Waals surface area contributed by atoms with Crippen LogP contribution in [0, 0.1) is 13.8 Å². The van der Waals surface area contributed by atoms with Crippen LogP contribution in [0.25, 0.3) is 11.1 Å². The van der Waals surface area contributed by atoms with Gasteiger partial charge in [-0.25, -0.2) is 0 Å².